The molecule has 1 aliphatic rings. The van der Waals surface area contributed by atoms with E-state index in [9.17, 15) is 4.79 Å². The molecule has 1 amide bonds. The van der Waals surface area contributed by atoms with E-state index in [1.165, 1.54) is 6.42 Å². The van der Waals surface area contributed by atoms with Crippen LogP contribution in [0.2, 0.25) is 5.02 Å². The van der Waals surface area contributed by atoms with Crippen molar-refractivity contribution >= 4 is 17.5 Å². The van der Waals surface area contributed by atoms with E-state index >= 15 is 0 Å². The van der Waals surface area contributed by atoms with Crippen molar-refractivity contribution in [3.8, 4) is 23.0 Å². The molecular weight excluding hydrogens is 398 g/mol. The molecule has 0 aliphatic carbocycles. The van der Waals surface area contributed by atoms with Crippen molar-refractivity contribution in [2.24, 2.45) is 0 Å². The van der Waals surface area contributed by atoms with Crippen molar-refractivity contribution < 1.29 is 4.79 Å². The van der Waals surface area contributed by atoms with Crippen molar-refractivity contribution in [2.75, 3.05) is 13.1 Å². The van der Waals surface area contributed by atoms with Crippen LogP contribution in [0.25, 0.3) is 16.9 Å². The maximum Gasteiger partial charge on any atom is 0.286 e. The third-order valence-corrected chi connectivity index (χ3v) is 5.56. The van der Waals surface area contributed by atoms with Crippen molar-refractivity contribution in [2.45, 2.75) is 26.2 Å². The summed E-state index contributed by atoms with van der Waals surface area (Å²) in [6.45, 7) is 3.61. The normalized spacial score (nSPS) is 14.3. The van der Waals surface area contributed by atoms with Crippen LogP contribution in [0.5, 0.6) is 0 Å². The summed E-state index contributed by atoms with van der Waals surface area (Å²) in [5.41, 5.74) is 7.25. The zero-order valence-electron chi connectivity index (χ0n) is 16.7. The molecule has 30 heavy (non-hydrogen) atoms. The molecule has 2 aromatic carbocycles. The van der Waals surface area contributed by atoms with Gasteiger partial charge < -0.3 is 0 Å². The number of halogens is 1. The largest absolute Gasteiger partial charge is 0.286 e. The standard InChI is InChI=1S/C23H22ClN5O/c1-16-21(23(30)27-28-13-3-2-4-14-28)26-29(20-11-5-17(15-25)6-12-20)22(16)18-7-9-19(24)10-8-18/h5-12H,2-4,13-14H2,1H3,(H,27,30). The molecule has 0 bridgehead atoms. The van der Waals surface area contributed by atoms with E-state index in [-0.39, 0.29) is 5.91 Å². The third kappa shape index (κ3) is 4.09. The molecule has 1 N–H and O–H groups in total. The molecule has 0 atom stereocenters. The highest BCUT2D eigenvalue weighted by molar-refractivity contribution is 6.30. The molecular formula is C23H22ClN5O. The second-order valence-electron chi connectivity index (χ2n) is 7.39. The van der Waals surface area contributed by atoms with Crippen LogP contribution in [0.1, 0.15) is 40.9 Å². The van der Waals surface area contributed by atoms with Gasteiger partial charge in [-0.05, 0) is 56.2 Å². The van der Waals surface area contributed by atoms with E-state index in [1.807, 2.05) is 48.3 Å². The molecule has 152 valence electrons. The zero-order valence-corrected chi connectivity index (χ0v) is 17.5. The monoisotopic (exact) mass is 419 g/mol. The average molecular weight is 420 g/mol. The molecule has 6 nitrogen and oxygen atoms in total. The fraction of sp³-hybridized carbons (Fsp3) is 0.261. The summed E-state index contributed by atoms with van der Waals surface area (Å²) in [6, 6.07) is 16.7. The summed E-state index contributed by atoms with van der Waals surface area (Å²) in [4.78, 5) is 13.0. The topological polar surface area (TPSA) is 74.0 Å². The van der Waals surface area contributed by atoms with E-state index in [2.05, 4.69) is 16.6 Å². The van der Waals surface area contributed by atoms with E-state index in [0.29, 0.717) is 16.3 Å². The Balaban J connectivity index is 1.77. The van der Waals surface area contributed by atoms with Gasteiger partial charge in [-0.15, -0.1) is 0 Å². The summed E-state index contributed by atoms with van der Waals surface area (Å²) in [5, 5.41) is 16.4. The summed E-state index contributed by atoms with van der Waals surface area (Å²) in [6.07, 6.45) is 3.35. The van der Waals surface area contributed by atoms with Gasteiger partial charge in [-0.3, -0.25) is 10.2 Å². The number of carbonyl (C=O) groups is 1. The van der Waals surface area contributed by atoms with Gasteiger partial charge in [0.25, 0.3) is 5.91 Å². The molecule has 0 unspecified atom stereocenters. The molecule has 4 rings (SSSR count). The molecule has 2 heterocycles. The lowest BCUT2D eigenvalue weighted by Crippen LogP contribution is -2.45. The second kappa shape index (κ2) is 8.70. The number of nitrogens with zero attached hydrogens (tertiary/aromatic N) is 4. The first kappa shape index (κ1) is 20.1. The van der Waals surface area contributed by atoms with Crippen LogP contribution >= 0.6 is 11.6 Å². The first-order valence-corrected chi connectivity index (χ1v) is 10.4. The average Bonchev–Trinajstić information content (AvgIpc) is 3.12. The Labute approximate surface area is 180 Å². The van der Waals surface area contributed by atoms with Gasteiger partial charge in [0.1, 0.15) is 0 Å². The Bertz CT molecular complexity index is 1090. The van der Waals surface area contributed by atoms with Crippen LogP contribution in [0.4, 0.5) is 0 Å². The Morgan fingerprint density at radius 3 is 2.37 bits per heavy atom. The van der Waals surface area contributed by atoms with Crippen molar-refractivity contribution in [3.05, 3.63) is 70.4 Å². The van der Waals surface area contributed by atoms with Gasteiger partial charge in [0.15, 0.2) is 5.69 Å². The Morgan fingerprint density at radius 1 is 1.07 bits per heavy atom. The minimum atomic E-state index is -0.211. The summed E-state index contributed by atoms with van der Waals surface area (Å²) in [7, 11) is 0. The number of hydrogen-bond donors (Lipinski definition) is 1. The van der Waals surface area contributed by atoms with Gasteiger partial charge in [-0.1, -0.05) is 30.2 Å². The predicted octanol–water partition coefficient (Wildman–Crippen LogP) is 4.50. The maximum absolute atomic E-state index is 13.0. The number of aromatic nitrogens is 2. The fourth-order valence-corrected chi connectivity index (χ4v) is 3.85. The van der Waals surface area contributed by atoms with Gasteiger partial charge in [-0.25, -0.2) is 9.69 Å². The van der Waals surface area contributed by atoms with Gasteiger partial charge in [-0.2, -0.15) is 10.4 Å². The number of benzene rings is 2. The number of carbonyl (C=O) groups excluding carboxylic acids is 1. The number of amides is 1. The van der Waals surface area contributed by atoms with Crippen molar-refractivity contribution in [1.29, 1.82) is 5.26 Å². The van der Waals surface area contributed by atoms with Crippen molar-refractivity contribution in [1.82, 2.24) is 20.2 Å². The van der Waals surface area contributed by atoms with E-state index in [0.717, 1.165) is 48.4 Å². The van der Waals surface area contributed by atoms with Crippen LogP contribution in [0, 0.1) is 18.3 Å². The summed E-state index contributed by atoms with van der Waals surface area (Å²) < 4.78 is 1.75. The van der Waals surface area contributed by atoms with Crippen LogP contribution in [-0.2, 0) is 0 Å². The highest BCUT2D eigenvalue weighted by Crippen LogP contribution is 2.30. The van der Waals surface area contributed by atoms with Gasteiger partial charge >= 0.3 is 0 Å². The first-order valence-electron chi connectivity index (χ1n) is 9.99. The number of piperidine rings is 1. The maximum atomic E-state index is 13.0. The van der Waals surface area contributed by atoms with Crippen LogP contribution in [-0.4, -0.2) is 33.8 Å². The quantitative estimate of drug-likeness (QED) is 0.675. The molecule has 1 fully saturated rings. The zero-order chi connectivity index (χ0) is 21.1. The van der Waals surface area contributed by atoms with Crippen molar-refractivity contribution in [3.63, 3.8) is 0 Å². The minimum absolute atomic E-state index is 0.211. The second-order valence-corrected chi connectivity index (χ2v) is 7.82. The van der Waals surface area contributed by atoms with Gasteiger partial charge in [0.05, 0.1) is 23.0 Å². The number of hydrogen-bond acceptors (Lipinski definition) is 4. The molecule has 1 aliphatic heterocycles. The molecule has 1 saturated heterocycles. The van der Waals surface area contributed by atoms with Crippen LogP contribution in [0.3, 0.4) is 0 Å². The fourth-order valence-electron chi connectivity index (χ4n) is 3.72. The number of rotatable bonds is 4. The Hall–Kier alpha value is -3.14. The molecule has 0 spiro atoms. The Morgan fingerprint density at radius 2 is 1.73 bits per heavy atom. The van der Waals surface area contributed by atoms with Gasteiger partial charge in [0, 0.05) is 29.2 Å². The lowest BCUT2D eigenvalue weighted by molar-refractivity contribution is 0.0743. The third-order valence-electron chi connectivity index (χ3n) is 5.31. The van der Waals surface area contributed by atoms with Gasteiger partial charge in [0.2, 0.25) is 0 Å². The highest BCUT2D eigenvalue weighted by atomic mass is 35.5. The molecule has 3 aromatic rings. The molecule has 0 saturated carbocycles. The molecule has 7 heteroatoms. The lowest BCUT2D eigenvalue weighted by Gasteiger charge is -2.26. The van der Waals surface area contributed by atoms with Crippen LogP contribution in [0.15, 0.2) is 48.5 Å². The number of nitriles is 1. The van der Waals surface area contributed by atoms with E-state index in [1.54, 1.807) is 16.8 Å². The highest BCUT2D eigenvalue weighted by Gasteiger charge is 2.24. The number of hydrazine groups is 1. The van der Waals surface area contributed by atoms with Crippen LogP contribution < -0.4 is 5.43 Å². The first-order chi connectivity index (χ1) is 14.6. The summed E-state index contributed by atoms with van der Waals surface area (Å²) >= 11 is 6.07. The summed E-state index contributed by atoms with van der Waals surface area (Å²) in [5.74, 6) is -0.211. The minimum Gasteiger partial charge on any atom is -0.283 e. The van der Waals surface area contributed by atoms with E-state index < -0.39 is 0 Å². The number of nitrogens with one attached hydrogen (secondary N) is 1. The Kier molecular flexibility index (Phi) is 5.84. The molecule has 0 radical (unpaired) electrons. The SMILES string of the molecule is Cc1c(C(=O)NN2CCCCC2)nn(-c2ccc(C#N)cc2)c1-c1ccc(Cl)cc1. The van der Waals surface area contributed by atoms with E-state index in [4.69, 9.17) is 16.9 Å². The smallest absolute Gasteiger partial charge is 0.283 e. The molecule has 1 aromatic heterocycles. The predicted molar refractivity (Wildman–Crippen MR) is 116 cm³/mol. The lowest BCUT2D eigenvalue weighted by atomic mass is 10.1.